The summed E-state index contributed by atoms with van der Waals surface area (Å²) in [5.41, 5.74) is 1.23. The fraction of sp³-hybridized carbons (Fsp3) is 0.133. The van der Waals surface area contributed by atoms with E-state index in [-0.39, 0.29) is 5.56 Å². The number of benzene rings is 2. The average Bonchev–Trinajstić information content (AvgIpc) is 2.45. The van der Waals surface area contributed by atoms with Crippen LogP contribution in [0.15, 0.2) is 53.4 Å². The Labute approximate surface area is 116 Å². The van der Waals surface area contributed by atoms with Crippen LogP contribution in [0.3, 0.4) is 0 Å². The molecule has 0 atom stereocenters. The summed E-state index contributed by atoms with van der Waals surface area (Å²) in [4.78, 5) is 12.2. The molecule has 0 heterocycles. The molecule has 2 aromatic rings. The molecule has 0 unspecified atom stereocenters. The molecule has 0 bridgehead atoms. The minimum atomic E-state index is -0.973. The van der Waals surface area contributed by atoms with Crippen molar-refractivity contribution in [2.75, 3.05) is 7.11 Å². The third-order valence-electron chi connectivity index (χ3n) is 2.65. The number of hydrogen-bond acceptors (Lipinski definition) is 3. The SMILES string of the molecule is COc1cc(CSc2ccccc2)ccc1C(=O)O. The monoisotopic (exact) mass is 274 g/mol. The van der Waals surface area contributed by atoms with Gasteiger partial charge in [0, 0.05) is 10.6 Å². The first-order valence-corrected chi connectivity index (χ1v) is 6.77. The highest BCUT2D eigenvalue weighted by atomic mass is 32.2. The van der Waals surface area contributed by atoms with Gasteiger partial charge in [0.25, 0.3) is 0 Å². The number of carbonyl (C=O) groups is 1. The molecule has 2 rings (SSSR count). The molecule has 0 saturated carbocycles. The zero-order valence-corrected chi connectivity index (χ0v) is 11.3. The summed E-state index contributed by atoms with van der Waals surface area (Å²) in [6, 6.07) is 15.3. The molecule has 1 N–H and O–H groups in total. The summed E-state index contributed by atoms with van der Waals surface area (Å²) in [5.74, 6) is 0.207. The van der Waals surface area contributed by atoms with Gasteiger partial charge in [0.2, 0.25) is 0 Å². The second-order valence-corrected chi connectivity index (χ2v) is 4.99. The third kappa shape index (κ3) is 3.51. The van der Waals surface area contributed by atoms with E-state index in [2.05, 4.69) is 0 Å². The smallest absolute Gasteiger partial charge is 0.339 e. The minimum absolute atomic E-state index is 0.191. The molecule has 19 heavy (non-hydrogen) atoms. The maximum absolute atomic E-state index is 11.0. The van der Waals surface area contributed by atoms with E-state index in [1.807, 2.05) is 36.4 Å². The van der Waals surface area contributed by atoms with Crippen LogP contribution in [0.4, 0.5) is 0 Å². The Balaban J connectivity index is 2.11. The van der Waals surface area contributed by atoms with Crippen molar-refractivity contribution in [2.24, 2.45) is 0 Å². The van der Waals surface area contributed by atoms with Gasteiger partial charge in [0.15, 0.2) is 0 Å². The standard InChI is InChI=1S/C15H14O3S/c1-18-14-9-11(7-8-13(14)15(16)17)10-19-12-5-3-2-4-6-12/h2-9H,10H2,1H3,(H,16,17). The lowest BCUT2D eigenvalue weighted by Gasteiger charge is -2.08. The van der Waals surface area contributed by atoms with E-state index in [0.29, 0.717) is 5.75 Å². The van der Waals surface area contributed by atoms with E-state index in [1.54, 1.807) is 23.9 Å². The Morgan fingerprint density at radius 3 is 2.58 bits per heavy atom. The molecule has 0 aliphatic heterocycles. The van der Waals surface area contributed by atoms with Crippen LogP contribution in [0.25, 0.3) is 0 Å². The predicted molar refractivity (Wildman–Crippen MR) is 76.0 cm³/mol. The van der Waals surface area contributed by atoms with Crippen LogP contribution in [0.1, 0.15) is 15.9 Å². The maximum Gasteiger partial charge on any atom is 0.339 e. The van der Waals surface area contributed by atoms with Gasteiger partial charge in [0.1, 0.15) is 11.3 Å². The Bertz CT molecular complexity index is 567. The average molecular weight is 274 g/mol. The molecule has 98 valence electrons. The number of hydrogen-bond donors (Lipinski definition) is 1. The number of methoxy groups -OCH3 is 1. The minimum Gasteiger partial charge on any atom is -0.496 e. The zero-order valence-electron chi connectivity index (χ0n) is 10.5. The molecule has 0 fully saturated rings. The molecule has 0 aliphatic carbocycles. The van der Waals surface area contributed by atoms with Crippen LogP contribution in [0.2, 0.25) is 0 Å². The predicted octanol–water partition coefficient (Wildman–Crippen LogP) is 3.69. The highest BCUT2D eigenvalue weighted by molar-refractivity contribution is 7.98. The summed E-state index contributed by atoms with van der Waals surface area (Å²) in [5, 5.41) is 9.01. The van der Waals surface area contributed by atoms with Crippen molar-refractivity contribution in [1.82, 2.24) is 0 Å². The molecule has 0 saturated heterocycles. The van der Waals surface area contributed by atoms with E-state index in [9.17, 15) is 4.79 Å². The second-order valence-electron chi connectivity index (χ2n) is 3.94. The van der Waals surface area contributed by atoms with Crippen molar-refractivity contribution in [3.8, 4) is 5.75 Å². The van der Waals surface area contributed by atoms with Crippen LogP contribution < -0.4 is 4.74 Å². The van der Waals surface area contributed by atoms with Crippen molar-refractivity contribution in [1.29, 1.82) is 0 Å². The summed E-state index contributed by atoms with van der Waals surface area (Å²) in [6.07, 6.45) is 0. The van der Waals surface area contributed by atoms with E-state index < -0.39 is 5.97 Å². The van der Waals surface area contributed by atoms with Crippen LogP contribution in [-0.2, 0) is 5.75 Å². The molecule has 4 heteroatoms. The lowest BCUT2D eigenvalue weighted by atomic mass is 10.1. The number of rotatable bonds is 5. The molecule has 0 aromatic heterocycles. The van der Waals surface area contributed by atoms with Crippen LogP contribution in [-0.4, -0.2) is 18.2 Å². The highest BCUT2D eigenvalue weighted by Gasteiger charge is 2.11. The summed E-state index contributed by atoms with van der Waals surface area (Å²) in [6.45, 7) is 0. The van der Waals surface area contributed by atoms with Gasteiger partial charge in [-0.15, -0.1) is 11.8 Å². The molecule has 0 amide bonds. The number of aromatic carboxylic acids is 1. The molecule has 0 aliphatic rings. The van der Waals surface area contributed by atoms with Crippen LogP contribution in [0, 0.1) is 0 Å². The lowest BCUT2D eigenvalue weighted by molar-refractivity contribution is 0.0693. The van der Waals surface area contributed by atoms with Gasteiger partial charge in [-0.25, -0.2) is 4.79 Å². The molecule has 0 radical (unpaired) electrons. The van der Waals surface area contributed by atoms with Crippen molar-refractivity contribution in [3.05, 3.63) is 59.7 Å². The van der Waals surface area contributed by atoms with E-state index in [0.717, 1.165) is 11.3 Å². The topological polar surface area (TPSA) is 46.5 Å². The van der Waals surface area contributed by atoms with Crippen LogP contribution in [0.5, 0.6) is 5.75 Å². The van der Waals surface area contributed by atoms with Gasteiger partial charge < -0.3 is 9.84 Å². The summed E-state index contributed by atoms with van der Waals surface area (Å²) < 4.78 is 5.11. The third-order valence-corrected chi connectivity index (χ3v) is 3.73. The number of carboxylic acids is 1. The van der Waals surface area contributed by atoms with Crippen molar-refractivity contribution < 1.29 is 14.6 Å². The quantitative estimate of drug-likeness (QED) is 0.845. The zero-order chi connectivity index (χ0) is 13.7. The molecular formula is C15H14O3S. The maximum atomic E-state index is 11.0. The first-order chi connectivity index (χ1) is 9.20. The first-order valence-electron chi connectivity index (χ1n) is 5.79. The second kappa shape index (κ2) is 6.29. The normalized spacial score (nSPS) is 10.2. The van der Waals surface area contributed by atoms with E-state index in [4.69, 9.17) is 9.84 Å². The fourth-order valence-electron chi connectivity index (χ4n) is 1.69. The molecule has 2 aromatic carbocycles. The van der Waals surface area contributed by atoms with Crippen molar-refractivity contribution in [3.63, 3.8) is 0 Å². The first kappa shape index (κ1) is 13.5. The number of ether oxygens (including phenoxy) is 1. The number of carboxylic acid groups (broad SMARTS) is 1. The number of thioether (sulfide) groups is 1. The van der Waals surface area contributed by atoms with Gasteiger partial charge in [0.05, 0.1) is 7.11 Å². The summed E-state index contributed by atoms with van der Waals surface area (Å²) in [7, 11) is 1.48. The fourth-order valence-corrected chi connectivity index (χ4v) is 2.55. The van der Waals surface area contributed by atoms with Crippen molar-refractivity contribution >= 4 is 17.7 Å². The van der Waals surface area contributed by atoms with Gasteiger partial charge >= 0.3 is 5.97 Å². The Kier molecular flexibility index (Phi) is 4.47. The van der Waals surface area contributed by atoms with E-state index in [1.165, 1.54) is 12.0 Å². The van der Waals surface area contributed by atoms with E-state index >= 15 is 0 Å². The Morgan fingerprint density at radius 1 is 1.21 bits per heavy atom. The lowest BCUT2D eigenvalue weighted by Crippen LogP contribution is -2.00. The van der Waals surface area contributed by atoms with Gasteiger partial charge in [-0.1, -0.05) is 24.3 Å². The summed E-state index contributed by atoms with van der Waals surface area (Å²) >= 11 is 1.70. The Morgan fingerprint density at radius 2 is 1.95 bits per heavy atom. The van der Waals surface area contributed by atoms with Gasteiger partial charge in [-0.3, -0.25) is 0 Å². The Hall–Kier alpha value is -1.94. The van der Waals surface area contributed by atoms with Gasteiger partial charge in [-0.05, 0) is 29.8 Å². The highest BCUT2D eigenvalue weighted by Crippen LogP contribution is 2.26. The molecule has 0 spiro atoms. The van der Waals surface area contributed by atoms with Crippen LogP contribution >= 0.6 is 11.8 Å². The molecular weight excluding hydrogens is 260 g/mol. The van der Waals surface area contributed by atoms with Gasteiger partial charge in [-0.2, -0.15) is 0 Å². The van der Waals surface area contributed by atoms with Crippen molar-refractivity contribution in [2.45, 2.75) is 10.6 Å². The largest absolute Gasteiger partial charge is 0.496 e. The molecule has 3 nitrogen and oxygen atoms in total.